The summed E-state index contributed by atoms with van der Waals surface area (Å²) in [7, 11) is 0. The minimum atomic E-state index is 0.491. The first kappa shape index (κ1) is 13.2. The lowest BCUT2D eigenvalue weighted by Gasteiger charge is -2.39. The number of hydrogen-bond donors (Lipinski definition) is 1. The van der Waals surface area contributed by atoms with Crippen molar-refractivity contribution >= 4 is 0 Å². The molecule has 1 aromatic heterocycles. The summed E-state index contributed by atoms with van der Waals surface area (Å²) in [5.41, 5.74) is 2.43. The van der Waals surface area contributed by atoms with Gasteiger partial charge in [0.25, 0.3) is 0 Å². The first-order valence-corrected chi connectivity index (χ1v) is 7.85. The average molecular weight is 260 g/mol. The summed E-state index contributed by atoms with van der Waals surface area (Å²) in [5, 5.41) is 3.85. The smallest absolute Gasteiger partial charge is 0.0223 e. The highest BCUT2D eigenvalue weighted by Crippen LogP contribution is 2.65. The van der Waals surface area contributed by atoms with E-state index in [1.54, 1.807) is 0 Å². The third kappa shape index (κ3) is 1.87. The van der Waals surface area contributed by atoms with Crippen molar-refractivity contribution in [2.75, 3.05) is 0 Å². The highest BCUT2D eigenvalue weighted by Gasteiger charge is 2.60. The minimum absolute atomic E-state index is 0.491. The van der Waals surface area contributed by atoms with Gasteiger partial charge in [-0.15, -0.1) is 0 Å². The second-order valence-electron chi connectivity index (χ2n) is 7.39. The molecule has 3 rings (SSSR count). The van der Waals surface area contributed by atoms with Gasteiger partial charge in [0.05, 0.1) is 0 Å². The maximum atomic E-state index is 3.85. The minimum Gasteiger partial charge on any atom is -0.354 e. The predicted molar refractivity (Wildman–Crippen MR) is 80.0 cm³/mol. The van der Waals surface area contributed by atoms with Gasteiger partial charge in [0.2, 0.25) is 0 Å². The Balaban J connectivity index is 1.66. The quantitative estimate of drug-likeness (QED) is 0.871. The molecule has 2 bridgehead atoms. The Morgan fingerprint density at radius 1 is 1.37 bits per heavy atom. The summed E-state index contributed by atoms with van der Waals surface area (Å²) >= 11 is 0. The zero-order chi connectivity index (χ0) is 13.7. The van der Waals surface area contributed by atoms with Crippen molar-refractivity contribution in [1.82, 2.24) is 9.88 Å². The molecule has 0 spiro atoms. The maximum absolute atomic E-state index is 3.85. The lowest BCUT2D eigenvalue weighted by atomic mass is 9.69. The zero-order valence-electron chi connectivity index (χ0n) is 12.9. The highest BCUT2D eigenvalue weighted by atomic mass is 15.0. The molecule has 1 N–H and O–H groups in total. The van der Waals surface area contributed by atoms with E-state index in [1.807, 2.05) is 0 Å². The number of nitrogens with one attached hydrogen (secondary N) is 1. The molecule has 0 amide bonds. The molecule has 2 nitrogen and oxygen atoms in total. The van der Waals surface area contributed by atoms with Gasteiger partial charge in [0.1, 0.15) is 0 Å². The normalized spacial score (nSPS) is 36.0. The summed E-state index contributed by atoms with van der Waals surface area (Å²) in [6.07, 6.45) is 8.67. The number of rotatable bonds is 4. The Bertz CT molecular complexity index is 460. The van der Waals surface area contributed by atoms with Crippen molar-refractivity contribution < 1.29 is 0 Å². The van der Waals surface area contributed by atoms with Gasteiger partial charge in [0.15, 0.2) is 0 Å². The number of hydrogen-bond acceptors (Lipinski definition) is 1. The number of aromatic nitrogens is 1. The van der Waals surface area contributed by atoms with Crippen LogP contribution in [0.3, 0.4) is 0 Å². The molecular weight excluding hydrogens is 232 g/mol. The molecular formula is C17H28N2. The highest BCUT2D eigenvalue weighted by molar-refractivity contribution is 5.15. The fourth-order valence-electron chi connectivity index (χ4n) is 4.55. The molecule has 2 saturated carbocycles. The van der Waals surface area contributed by atoms with Gasteiger partial charge in [0, 0.05) is 31.5 Å². The van der Waals surface area contributed by atoms with Crippen LogP contribution in [0.25, 0.3) is 0 Å². The van der Waals surface area contributed by atoms with Crippen LogP contribution in [-0.4, -0.2) is 10.6 Å². The molecule has 0 aliphatic heterocycles. The summed E-state index contributed by atoms with van der Waals surface area (Å²) in [5.74, 6) is 0.926. The average Bonchev–Trinajstić information content (AvgIpc) is 2.97. The fourth-order valence-corrected chi connectivity index (χ4v) is 4.55. The van der Waals surface area contributed by atoms with E-state index in [2.05, 4.69) is 56.0 Å². The SMILES string of the molecule is CCn1ccc(CNC2CC3CCC2(C)C3(C)C)c1. The molecule has 0 saturated heterocycles. The molecule has 106 valence electrons. The van der Waals surface area contributed by atoms with Gasteiger partial charge in [-0.2, -0.15) is 0 Å². The lowest BCUT2D eigenvalue weighted by molar-refractivity contribution is 0.120. The molecule has 2 heteroatoms. The Kier molecular flexibility index (Phi) is 3.05. The van der Waals surface area contributed by atoms with Crippen molar-refractivity contribution in [2.24, 2.45) is 16.7 Å². The largest absolute Gasteiger partial charge is 0.354 e. The Morgan fingerprint density at radius 3 is 2.68 bits per heavy atom. The summed E-state index contributed by atoms with van der Waals surface area (Å²) in [4.78, 5) is 0. The van der Waals surface area contributed by atoms with Crippen LogP contribution in [0.5, 0.6) is 0 Å². The third-order valence-electron chi connectivity index (χ3n) is 6.52. The first-order valence-electron chi connectivity index (χ1n) is 7.85. The molecule has 19 heavy (non-hydrogen) atoms. The van der Waals surface area contributed by atoms with Crippen LogP contribution in [-0.2, 0) is 13.1 Å². The number of nitrogens with zero attached hydrogens (tertiary/aromatic N) is 1. The van der Waals surface area contributed by atoms with E-state index < -0.39 is 0 Å². The second-order valence-corrected chi connectivity index (χ2v) is 7.39. The van der Waals surface area contributed by atoms with E-state index in [0.29, 0.717) is 16.9 Å². The second kappa shape index (κ2) is 4.37. The summed E-state index contributed by atoms with van der Waals surface area (Å²) < 4.78 is 2.25. The van der Waals surface area contributed by atoms with Crippen LogP contribution in [0.2, 0.25) is 0 Å². The van der Waals surface area contributed by atoms with Crippen molar-refractivity contribution in [3.8, 4) is 0 Å². The van der Waals surface area contributed by atoms with Gasteiger partial charge < -0.3 is 9.88 Å². The number of aryl methyl sites for hydroxylation is 1. The molecule has 1 aromatic rings. The van der Waals surface area contributed by atoms with Gasteiger partial charge in [-0.25, -0.2) is 0 Å². The molecule has 1 heterocycles. The van der Waals surface area contributed by atoms with E-state index in [4.69, 9.17) is 0 Å². The molecule has 2 fully saturated rings. The van der Waals surface area contributed by atoms with E-state index in [0.717, 1.165) is 19.0 Å². The molecule has 3 unspecified atom stereocenters. The van der Waals surface area contributed by atoms with Crippen molar-refractivity contribution in [2.45, 2.75) is 66.1 Å². The van der Waals surface area contributed by atoms with Gasteiger partial charge in [-0.1, -0.05) is 20.8 Å². The lowest BCUT2D eigenvalue weighted by Crippen LogP contribution is -2.44. The monoisotopic (exact) mass is 260 g/mol. The molecule has 0 radical (unpaired) electrons. The Morgan fingerprint density at radius 2 is 2.16 bits per heavy atom. The molecule has 2 aliphatic carbocycles. The maximum Gasteiger partial charge on any atom is 0.0223 e. The van der Waals surface area contributed by atoms with Crippen molar-refractivity contribution in [1.29, 1.82) is 0 Å². The standard InChI is InChI=1S/C17H28N2/c1-5-19-9-7-13(12-19)11-18-15-10-14-6-8-17(15,4)16(14,2)3/h7,9,12,14-15,18H,5-6,8,10-11H2,1-4H3. The third-order valence-corrected chi connectivity index (χ3v) is 6.52. The van der Waals surface area contributed by atoms with Gasteiger partial charge >= 0.3 is 0 Å². The van der Waals surface area contributed by atoms with Crippen LogP contribution < -0.4 is 5.32 Å². The van der Waals surface area contributed by atoms with Crippen LogP contribution in [0, 0.1) is 16.7 Å². The fraction of sp³-hybridized carbons (Fsp3) is 0.765. The van der Waals surface area contributed by atoms with Gasteiger partial charge in [-0.3, -0.25) is 0 Å². The van der Waals surface area contributed by atoms with E-state index >= 15 is 0 Å². The zero-order valence-corrected chi connectivity index (χ0v) is 12.9. The Labute approximate surface area is 117 Å². The van der Waals surface area contributed by atoms with Gasteiger partial charge in [-0.05, 0) is 54.6 Å². The van der Waals surface area contributed by atoms with E-state index in [1.165, 1.54) is 24.8 Å². The predicted octanol–water partition coefficient (Wildman–Crippen LogP) is 3.81. The molecule has 3 atom stereocenters. The van der Waals surface area contributed by atoms with Crippen molar-refractivity contribution in [3.05, 3.63) is 24.0 Å². The molecule has 2 aliphatic rings. The van der Waals surface area contributed by atoms with Crippen molar-refractivity contribution in [3.63, 3.8) is 0 Å². The number of fused-ring (bicyclic) bond motifs is 2. The summed E-state index contributed by atoms with van der Waals surface area (Å²) in [6, 6.07) is 2.95. The molecule has 0 aromatic carbocycles. The van der Waals surface area contributed by atoms with E-state index in [-0.39, 0.29) is 0 Å². The van der Waals surface area contributed by atoms with E-state index in [9.17, 15) is 0 Å². The summed E-state index contributed by atoms with van der Waals surface area (Å²) in [6.45, 7) is 11.8. The van der Waals surface area contributed by atoms with Crippen LogP contribution >= 0.6 is 0 Å². The first-order chi connectivity index (χ1) is 8.97. The van der Waals surface area contributed by atoms with Crippen LogP contribution in [0.4, 0.5) is 0 Å². The Hall–Kier alpha value is -0.760. The topological polar surface area (TPSA) is 17.0 Å². The van der Waals surface area contributed by atoms with Crippen LogP contribution in [0.1, 0.15) is 52.5 Å². The van der Waals surface area contributed by atoms with Crippen LogP contribution in [0.15, 0.2) is 18.5 Å².